The number of Topliss-reactive ketones (excluding diaryl/α,β-unsaturated/α-hetero) is 1. The maximum atomic E-state index is 11.5. The highest BCUT2D eigenvalue weighted by molar-refractivity contribution is 6.55. The van der Waals surface area contributed by atoms with Gasteiger partial charge in [0.25, 0.3) is 0 Å². The summed E-state index contributed by atoms with van der Waals surface area (Å²) in [7, 11) is 0. The Balaban J connectivity index is 2.86. The van der Waals surface area contributed by atoms with Crippen molar-refractivity contribution in [1.29, 1.82) is 0 Å². The maximum Gasteiger partial charge on any atom is 0.195 e. The fourth-order valence-electron chi connectivity index (χ4n) is 1.55. The van der Waals surface area contributed by atoms with Crippen molar-refractivity contribution < 1.29 is 4.79 Å². The van der Waals surface area contributed by atoms with E-state index in [1.807, 2.05) is 12.1 Å². The predicted octanol–water partition coefficient (Wildman–Crippen LogP) is 3.52. The van der Waals surface area contributed by atoms with Gasteiger partial charge < -0.3 is 4.90 Å². The standard InChI is InChI=1S/C12H15Cl2NO/c1-3-15(4-2)10-7-5-9(6-8-10)11(16)12(13)14/h5-8,12H,3-4H2,1-2H3. The average molecular weight is 260 g/mol. The summed E-state index contributed by atoms with van der Waals surface area (Å²) in [5.74, 6) is -0.255. The summed E-state index contributed by atoms with van der Waals surface area (Å²) in [5.41, 5.74) is 1.65. The van der Waals surface area contributed by atoms with Crippen LogP contribution < -0.4 is 4.90 Å². The van der Waals surface area contributed by atoms with Gasteiger partial charge in [-0.05, 0) is 38.1 Å². The Morgan fingerprint density at radius 3 is 2.06 bits per heavy atom. The van der Waals surface area contributed by atoms with Crippen LogP contribution in [0.5, 0.6) is 0 Å². The van der Waals surface area contributed by atoms with Gasteiger partial charge in [-0.2, -0.15) is 0 Å². The molecule has 0 bridgehead atoms. The lowest BCUT2D eigenvalue weighted by Crippen LogP contribution is -2.21. The number of rotatable bonds is 5. The van der Waals surface area contributed by atoms with E-state index in [0.717, 1.165) is 18.8 Å². The largest absolute Gasteiger partial charge is 0.372 e. The molecule has 0 amide bonds. The van der Waals surface area contributed by atoms with Crippen LogP contribution in [0.4, 0.5) is 5.69 Å². The van der Waals surface area contributed by atoms with Crippen LogP contribution in [-0.2, 0) is 0 Å². The number of ketones is 1. The van der Waals surface area contributed by atoms with Crippen molar-refractivity contribution in [3.05, 3.63) is 29.8 Å². The number of halogens is 2. The quantitative estimate of drug-likeness (QED) is 0.596. The molecule has 0 aromatic heterocycles. The van der Waals surface area contributed by atoms with E-state index in [1.165, 1.54) is 0 Å². The number of alkyl halides is 2. The number of hydrogen-bond donors (Lipinski definition) is 0. The van der Waals surface area contributed by atoms with E-state index in [0.29, 0.717) is 5.56 Å². The van der Waals surface area contributed by atoms with E-state index in [4.69, 9.17) is 23.2 Å². The van der Waals surface area contributed by atoms with Gasteiger partial charge in [-0.25, -0.2) is 0 Å². The lowest BCUT2D eigenvalue weighted by Gasteiger charge is -2.21. The number of hydrogen-bond acceptors (Lipinski definition) is 2. The van der Waals surface area contributed by atoms with Crippen LogP contribution in [0.2, 0.25) is 0 Å². The molecule has 2 nitrogen and oxygen atoms in total. The summed E-state index contributed by atoms with van der Waals surface area (Å²) in [6.07, 6.45) is 0. The molecule has 0 unspecified atom stereocenters. The smallest absolute Gasteiger partial charge is 0.195 e. The van der Waals surface area contributed by atoms with E-state index in [-0.39, 0.29) is 5.78 Å². The van der Waals surface area contributed by atoms with Crippen LogP contribution in [0.15, 0.2) is 24.3 Å². The van der Waals surface area contributed by atoms with E-state index >= 15 is 0 Å². The summed E-state index contributed by atoms with van der Waals surface area (Å²) < 4.78 is 0. The minimum Gasteiger partial charge on any atom is -0.372 e. The summed E-state index contributed by atoms with van der Waals surface area (Å²) in [6.45, 7) is 6.07. The van der Waals surface area contributed by atoms with Gasteiger partial charge in [0.1, 0.15) is 0 Å². The third-order valence-corrected chi connectivity index (χ3v) is 2.88. The molecule has 0 heterocycles. The fourth-order valence-corrected chi connectivity index (χ4v) is 1.80. The van der Waals surface area contributed by atoms with E-state index < -0.39 is 4.84 Å². The zero-order chi connectivity index (χ0) is 12.1. The molecular formula is C12H15Cl2NO. The molecule has 0 radical (unpaired) electrons. The second-order valence-electron chi connectivity index (χ2n) is 3.38. The van der Waals surface area contributed by atoms with E-state index in [2.05, 4.69) is 18.7 Å². The second kappa shape index (κ2) is 6.12. The Hall–Kier alpha value is -0.730. The van der Waals surface area contributed by atoms with Crippen molar-refractivity contribution in [2.24, 2.45) is 0 Å². The normalized spacial score (nSPS) is 10.6. The van der Waals surface area contributed by atoms with Crippen LogP contribution >= 0.6 is 23.2 Å². The molecule has 0 saturated heterocycles. The van der Waals surface area contributed by atoms with Crippen molar-refractivity contribution >= 4 is 34.7 Å². The molecule has 1 aromatic carbocycles. The summed E-state index contributed by atoms with van der Waals surface area (Å²) in [6, 6.07) is 7.34. The molecule has 0 aliphatic carbocycles. The first-order valence-electron chi connectivity index (χ1n) is 5.27. The first-order valence-corrected chi connectivity index (χ1v) is 6.14. The minimum absolute atomic E-state index is 0.255. The number of anilines is 1. The lowest BCUT2D eigenvalue weighted by atomic mass is 10.1. The summed E-state index contributed by atoms with van der Waals surface area (Å²) >= 11 is 11.1. The molecule has 0 fully saturated rings. The predicted molar refractivity (Wildman–Crippen MR) is 69.8 cm³/mol. The summed E-state index contributed by atoms with van der Waals surface area (Å²) in [5, 5.41) is 0. The van der Waals surface area contributed by atoms with Gasteiger partial charge in [-0.15, -0.1) is 0 Å². The topological polar surface area (TPSA) is 20.3 Å². The third kappa shape index (κ3) is 3.13. The van der Waals surface area contributed by atoms with Crippen LogP contribution in [0, 0.1) is 0 Å². The van der Waals surface area contributed by atoms with Gasteiger partial charge in [0, 0.05) is 24.3 Å². The Bertz CT molecular complexity index is 345. The highest BCUT2D eigenvalue weighted by atomic mass is 35.5. The monoisotopic (exact) mass is 259 g/mol. The maximum absolute atomic E-state index is 11.5. The molecule has 1 aromatic rings. The van der Waals surface area contributed by atoms with Crippen LogP contribution in [0.25, 0.3) is 0 Å². The van der Waals surface area contributed by atoms with E-state index in [9.17, 15) is 4.79 Å². The Morgan fingerprint density at radius 1 is 1.19 bits per heavy atom. The van der Waals surface area contributed by atoms with Crippen molar-refractivity contribution in [3.63, 3.8) is 0 Å². The molecule has 0 aliphatic heterocycles. The van der Waals surface area contributed by atoms with Gasteiger partial charge in [-0.1, -0.05) is 23.2 Å². The van der Waals surface area contributed by atoms with Gasteiger partial charge >= 0.3 is 0 Å². The lowest BCUT2D eigenvalue weighted by molar-refractivity contribution is 0.101. The molecule has 1 rings (SSSR count). The highest BCUT2D eigenvalue weighted by Gasteiger charge is 2.14. The number of benzene rings is 1. The Morgan fingerprint density at radius 2 is 1.69 bits per heavy atom. The number of carbonyl (C=O) groups is 1. The molecule has 4 heteroatoms. The van der Waals surface area contributed by atoms with Crippen LogP contribution in [0.3, 0.4) is 0 Å². The average Bonchev–Trinajstić information content (AvgIpc) is 2.30. The highest BCUT2D eigenvalue weighted by Crippen LogP contribution is 2.17. The van der Waals surface area contributed by atoms with Crippen LogP contribution in [0.1, 0.15) is 24.2 Å². The fraction of sp³-hybridized carbons (Fsp3) is 0.417. The van der Waals surface area contributed by atoms with Crippen molar-refractivity contribution in [2.45, 2.75) is 18.7 Å². The van der Waals surface area contributed by atoms with Crippen LogP contribution in [-0.4, -0.2) is 23.7 Å². The Labute approximate surface area is 106 Å². The number of nitrogens with zero attached hydrogens (tertiary/aromatic N) is 1. The first-order chi connectivity index (χ1) is 7.60. The van der Waals surface area contributed by atoms with Crippen molar-refractivity contribution in [1.82, 2.24) is 0 Å². The molecule has 0 spiro atoms. The first kappa shape index (κ1) is 13.3. The molecule has 88 valence electrons. The SMILES string of the molecule is CCN(CC)c1ccc(C(=O)C(Cl)Cl)cc1. The molecule has 0 atom stereocenters. The molecule has 0 aliphatic rings. The zero-order valence-corrected chi connectivity index (χ0v) is 10.9. The molecule has 16 heavy (non-hydrogen) atoms. The van der Waals surface area contributed by atoms with Gasteiger partial charge in [-0.3, -0.25) is 4.79 Å². The molecule has 0 saturated carbocycles. The minimum atomic E-state index is -0.987. The van der Waals surface area contributed by atoms with Gasteiger partial charge in [0.05, 0.1) is 0 Å². The molecular weight excluding hydrogens is 245 g/mol. The van der Waals surface area contributed by atoms with Gasteiger partial charge in [0.2, 0.25) is 0 Å². The second-order valence-corrected chi connectivity index (χ2v) is 4.48. The zero-order valence-electron chi connectivity index (χ0n) is 9.41. The Kier molecular flexibility index (Phi) is 5.10. The van der Waals surface area contributed by atoms with Crippen molar-refractivity contribution in [2.75, 3.05) is 18.0 Å². The summed E-state index contributed by atoms with van der Waals surface area (Å²) in [4.78, 5) is 12.7. The third-order valence-electron chi connectivity index (χ3n) is 2.48. The van der Waals surface area contributed by atoms with Gasteiger partial charge in [0.15, 0.2) is 10.6 Å². The van der Waals surface area contributed by atoms with E-state index in [1.54, 1.807) is 12.1 Å². The molecule has 0 N–H and O–H groups in total. The number of carbonyl (C=O) groups excluding carboxylic acids is 1. The van der Waals surface area contributed by atoms with Crippen molar-refractivity contribution in [3.8, 4) is 0 Å².